The van der Waals surface area contributed by atoms with E-state index in [-0.39, 0.29) is 17.7 Å². The number of hydrogen-bond acceptors (Lipinski definition) is 6. The maximum atomic E-state index is 13.3. The van der Waals surface area contributed by atoms with Crippen molar-refractivity contribution in [1.82, 2.24) is 19.8 Å². The molecule has 0 unspecified atom stereocenters. The van der Waals surface area contributed by atoms with Gasteiger partial charge in [0.15, 0.2) is 11.6 Å². The van der Waals surface area contributed by atoms with Crippen LogP contribution in [0.1, 0.15) is 59.9 Å². The number of hydrogen-bond donors (Lipinski definition) is 2. The van der Waals surface area contributed by atoms with Gasteiger partial charge in [0.1, 0.15) is 11.1 Å². The lowest BCUT2D eigenvalue weighted by atomic mass is 10.1. The Hall–Kier alpha value is -7.44. The number of aromatic nitrogens is 2. The third-order valence-corrected chi connectivity index (χ3v) is 8.65. The molecule has 0 aliphatic carbocycles. The second-order valence-electron chi connectivity index (χ2n) is 12.4. The number of carbonyl (C=O) groups is 2. The lowest BCUT2D eigenvalue weighted by Crippen LogP contribution is -2.33. The van der Waals surface area contributed by atoms with Crippen molar-refractivity contribution in [3.63, 3.8) is 0 Å². The molecule has 0 atom stereocenters. The number of nitriles is 2. The molecule has 6 rings (SSSR count). The van der Waals surface area contributed by atoms with Gasteiger partial charge in [-0.05, 0) is 110 Å². The van der Waals surface area contributed by atoms with E-state index in [9.17, 15) is 28.0 Å². The predicted octanol–water partition coefficient (Wildman–Crippen LogP) is 6.48. The van der Waals surface area contributed by atoms with Crippen LogP contribution in [0.3, 0.4) is 0 Å². The Balaban J connectivity index is 0.000000211. The predicted molar refractivity (Wildman–Crippen MR) is 203 cm³/mol. The minimum atomic E-state index is -1.01. The topological polar surface area (TPSA) is 150 Å². The Bertz CT molecular complexity index is 2640. The Morgan fingerprint density at radius 1 is 0.600 bits per heavy atom. The van der Waals surface area contributed by atoms with Crippen molar-refractivity contribution in [3.05, 3.63) is 198 Å². The minimum absolute atomic E-state index is 0.0622. The first-order chi connectivity index (χ1) is 26.4. The summed E-state index contributed by atoms with van der Waals surface area (Å²) in [6.07, 6.45) is 0. The Kier molecular flexibility index (Phi) is 12.3. The van der Waals surface area contributed by atoms with Crippen molar-refractivity contribution in [2.75, 3.05) is 0 Å². The van der Waals surface area contributed by atoms with E-state index in [0.29, 0.717) is 46.0 Å². The van der Waals surface area contributed by atoms with Gasteiger partial charge < -0.3 is 10.6 Å². The van der Waals surface area contributed by atoms with E-state index in [4.69, 9.17) is 10.5 Å². The average Bonchev–Trinajstić information content (AvgIpc) is 3.18. The summed E-state index contributed by atoms with van der Waals surface area (Å²) >= 11 is 0. The summed E-state index contributed by atoms with van der Waals surface area (Å²) in [7, 11) is 0. The number of nitrogens with zero attached hydrogens (tertiary/aromatic N) is 4. The maximum Gasteiger partial charge on any atom is 0.268 e. The van der Waals surface area contributed by atoms with Crippen LogP contribution in [0.5, 0.6) is 0 Å². The molecule has 0 aliphatic heterocycles. The van der Waals surface area contributed by atoms with Gasteiger partial charge in [-0.15, -0.1) is 0 Å². The fourth-order valence-electron chi connectivity index (χ4n) is 5.68. The van der Waals surface area contributed by atoms with E-state index < -0.39 is 34.6 Å². The molecule has 6 aromatic rings. The molecule has 0 radical (unpaired) electrons. The smallest absolute Gasteiger partial charge is 0.268 e. The number of nitrogens with one attached hydrogen (secondary N) is 2. The van der Waals surface area contributed by atoms with Gasteiger partial charge in [0.25, 0.3) is 22.9 Å². The van der Waals surface area contributed by atoms with Gasteiger partial charge >= 0.3 is 0 Å². The molecule has 2 N–H and O–H groups in total. The Labute approximate surface area is 315 Å². The van der Waals surface area contributed by atoms with Crippen LogP contribution in [-0.4, -0.2) is 20.9 Å². The second-order valence-corrected chi connectivity index (χ2v) is 12.4. The lowest BCUT2D eigenvalue weighted by Gasteiger charge is -2.13. The number of halogens is 2. The van der Waals surface area contributed by atoms with Crippen molar-refractivity contribution in [3.8, 4) is 23.5 Å². The van der Waals surface area contributed by atoms with E-state index in [1.807, 2.05) is 37.3 Å². The highest BCUT2D eigenvalue weighted by molar-refractivity contribution is 5.94. The zero-order chi connectivity index (χ0) is 39.6. The number of carbonyl (C=O) groups excluding carboxylic acids is 2. The maximum absolute atomic E-state index is 13.3. The fourth-order valence-corrected chi connectivity index (χ4v) is 5.68. The van der Waals surface area contributed by atoms with Gasteiger partial charge in [0.05, 0.1) is 34.6 Å². The molecule has 274 valence electrons. The third-order valence-electron chi connectivity index (χ3n) is 8.65. The molecule has 0 aliphatic rings. The summed E-state index contributed by atoms with van der Waals surface area (Å²) in [4.78, 5) is 50.8. The summed E-state index contributed by atoms with van der Waals surface area (Å²) in [6, 6.07) is 34.7. The monoisotopic (exact) mass is 736 g/mol. The van der Waals surface area contributed by atoms with Crippen LogP contribution in [0.15, 0.2) is 125 Å². The molecule has 0 saturated heterocycles. The molecular weight excluding hydrogens is 703 g/mol. The van der Waals surface area contributed by atoms with Crippen LogP contribution in [0.2, 0.25) is 0 Å². The van der Waals surface area contributed by atoms with E-state index in [2.05, 4.69) is 16.7 Å². The van der Waals surface area contributed by atoms with Crippen LogP contribution in [-0.2, 0) is 13.1 Å². The molecular formula is C43H34F2N6O4. The second kappa shape index (κ2) is 17.4. The molecule has 4 aromatic carbocycles. The lowest BCUT2D eigenvalue weighted by molar-refractivity contribution is 0.0941. The number of amides is 2. The highest BCUT2D eigenvalue weighted by atomic mass is 19.2. The number of rotatable bonds is 8. The highest BCUT2D eigenvalue weighted by Crippen LogP contribution is 2.14. The van der Waals surface area contributed by atoms with Gasteiger partial charge in [-0.1, -0.05) is 42.5 Å². The van der Waals surface area contributed by atoms with Gasteiger partial charge in [0, 0.05) is 24.5 Å². The van der Waals surface area contributed by atoms with Gasteiger partial charge in [-0.2, -0.15) is 10.5 Å². The van der Waals surface area contributed by atoms with Crippen LogP contribution < -0.4 is 21.8 Å². The van der Waals surface area contributed by atoms with Gasteiger partial charge in [0.2, 0.25) is 0 Å². The SMILES string of the molecule is Cc1ccc(C(=O)NCc2ccc(F)c(F)c2)c(=O)n1-c1cccc(C#N)c1.Cc1ccccc1CNC(=O)c1ccc(C)n(-c2cccc(C#N)c2)c1=O. The van der Waals surface area contributed by atoms with Crippen LogP contribution in [0.25, 0.3) is 11.4 Å². The standard InChI is InChI=1S/C22H19N3O2.C21H15F2N3O2/c1-15-6-3-4-8-18(15)14-24-21(26)20-11-10-16(2)25(22(20)27)19-9-5-7-17(12-19)13-23;1-13-5-7-17(20(27)25-12-15-6-8-18(22)19(23)10-15)21(28)26(13)16-4-2-3-14(9-16)11-24/h3-12H,14H2,1-2H3,(H,24,26);2-10H,12H2,1H3,(H,25,27). The molecule has 10 nitrogen and oxygen atoms in total. The fraction of sp³-hybridized carbons (Fsp3) is 0.116. The summed E-state index contributed by atoms with van der Waals surface area (Å²) in [5.41, 5.74) is 4.60. The first-order valence-electron chi connectivity index (χ1n) is 16.9. The molecule has 2 heterocycles. The van der Waals surface area contributed by atoms with Crippen molar-refractivity contribution < 1.29 is 18.4 Å². The quantitative estimate of drug-likeness (QED) is 0.183. The van der Waals surface area contributed by atoms with Crippen LogP contribution in [0, 0.1) is 55.1 Å². The zero-order valence-corrected chi connectivity index (χ0v) is 30.1. The molecule has 0 fully saturated rings. The van der Waals surface area contributed by atoms with Crippen molar-refractivity contribution in [2.24, 2.45) is 0 Å². The normalized spacial score (nSPS) is 10.3. The molecule has 12 heteroatoms. The molecule has 55 heavy (non-hydrogen) atoms. The van der Waals surface area contributed by atoms with Crippen molar-refractivity contribution in [2.45, 2.75) is 33.9 Å². The van der Waals surface area contributed by atoms with E-state index >= 15 is 0 Å². The largest absolute Gasteiger partial charge is 0.348 e. The Morgan fingerprint density at radius 2 is 1.11 bits per heavy atom. The molecule has 0 spiro atoms. The van der Waals surface area contributed by atoms with E-state index in [0.717, 1.165) is 23.3 Å². The summed E-state index contributed by atoms with van der Waals surface area (Å²) in [6.45, 7) is 5.76. The van der Waals surface area contributed by atoms with E-state index in [1.165, 1.54) is 27.3 Å². The molecule has 0 saturated carbocycles. The Morgan fingerprint density at radius 3 is 1.60 bits per heavy atom. The number of benzene rings is 4. The van der Waals surface area contributed by atoms with E-state index in [1.54, 1.807) is 74.5 Å². The van der Waals surface area contributed by atoms with Crippen LogP contribution in [0.4, 0.5) is 8.78 Å². The number of pyridine rings is 2. The summed E-state index contributed by atoms with van der Waals surface area (Å²) in [5, 5.41) is 23.5. The third kappa shape index (κ3) is 9.14. The minimum Gasteiger partial charge on any atom is -0.348 e. The van der Waals surface area contributed by atoms with Gasteiger partial charge in [-0.3, -0.25) is 28.3 Å². The highest BCUT2D eigenvalue weighted by Gasteiger charge is 2.17. The molecule has 2 amide bonds. The van der Waals surface area contributed by atoms with Crippen molar-refractivity contribution >= 4 is 11.8 Å². The van der Waals surface area contributed by atoms with Crippen LogP contribution >= 0.6 is 0 Å². The molecule has 2 aromatic heterocycles. The first-order valence-corrected chi connectivity index (χ1v) is 16.9. The zero-order valence-electron chi connectivity index (χ0n) is 30.1. The first kappa shape index (κ1) is 38.8. The number of aryl methyl sites for hydroxylation is 3. The van der Waals surface area contributed by atoms with Gasteiger partial charge in [-0.25, -0.2) is 8.78 Å². The average molecular weight is 737 g/mol. The van der Waals surface area contributed by atoms with Crippen molar-refractivity contribution in [1.29, 1.82) is 10.5 Å². The summed E-state index contributed by atoms with van der Waals surface area (Å²) < 4.78 is 29.0. The molecule has 0 bridgehead atoms. The summed E-state index contributed by atoms with van der Waals surface area (Å²) in [5.74, 6) is -3.05.